The minimum atomic E-state index is -0.233. The lowest BCUT2D eigenvalue weighted by molar-refractivity contribution is 0.0958. The van der Waals surface area contributed by atoms with Crippen LogP contribution in [0, 0.1) is 12.3 Å². The second kappa shape index (κ2) is 8.87. The van der Waals surface area contributed by atoms with Crippen molar-refractivity contribution in [3.05, 3.63) is 71.7 Å². The van der Waals surface area contributed by atoms with Gasteiger partial charge in [0.05, 0.1) is 23.5 Å². The summed E-state index contributed by atoms with van der Waals surface area (Å²) in [4.78, 5) is 16.2. The van der Waals surface area contributed by atoms with E-state index in [1.165, 1.54) is 6.20 Å². The first kappa shape index (κ1) is 19.2. The monoisotopic (exact) mass is 373 g/mol. The zero-order chi connectivity index (χ0) is 19.9. The third-order valence-corrected chi connectivity index (χ3v) is 4.23. The van der Waals surface area contributed by atoms with Gasteiger partial charge < -0.3 is 10.6 Å². The van der Waals surface area contributed by atoms with E-state index in [0.717, 1.165) is 16.9 Å². The summed E-state index contributed by atoms with van der Waals surface area (Å²) < 4.78 is 1.90. The summed E-state index contributed by atoms with van der Waals surface area (Å²) in [5, 5.41) is 10.7. The molecule has 0 aliphatic heterocycles. The molecule has 0 fully saturated rings. The Labute approximate surface area is 165 Å². The summed E-state index contributed by atoms with van der Waals surface area (Å²) in [5.74, 6) is 3.13. The number of hydrogen-bond acceptors (Lipinski definition) is 4. The molecule has 2 aromatic heterocycles. The number of benzene rings is 1. The number of amides is 1. The summed E-state index contributed by atoms with van der Waals surface area (Å²) in [6.07, 6.45) is 8.72. The van der Waals surface area contributed by atoms with E-state index >= 15 is 0 Å². The van der Waals surface area contributed by atoms with Crippen LogP contribution in [0.5, 0.6) is 0 Å². The topological polar surface area (TPSA) is 71.8 Å². The fourth-order valence-electron chi connectivity index (χ4n) is 2.81. The standard InChI is InChI=1S/C22H23N5O/c1-4-12-23-22(28)17-10-11-20(24-13-17)25-14-18-15-27(26-21(18)16(2)3)19-8-6-5-7-9-19/h1,5-11,13,15-16H,12,14H2,2-3H3,(H,23,28)(H,24,25). The smallest absolute Gasteiger partial charge is 0.253 e. The highest BCUT2D eigenvalue weighted by Gasteiger charge is 2.13. The number of para-hydroxylation sites is 1. The Morgan fingerprint density at radius 2 is 2.00 bits per heavy atom. The first-order chi connectivity index (χ1) is 13.6. The van der Waals surface area contributed by atoms with Gasteiger partial charge in [-0.25, -0.2) is 9.67 Å². The number of anilines is 1. The summed E-state index contributed by atoms with van der Waals surface area (Å²) in [6, 6.07) is 13.5. The highest BCUT2D eigenvalue weighted by Crippen LogP contribution is 2.21. The van der Waals surface area contributed by atoms with Crippen molar-refractivity contribution in [3.8, 4) is 18.0 Å². The maximum absolute atomic E-state index is 11.9. The van der Waals surface area contributed by atoms with Crippen molar-refractivity contribution < 1.29 is 4.79 Å². The van der Waals surface area contributed by atoms with Crippen LogP contribution in [0.2, 0.25) is 0 Å². The third-order valence-electron chi connectivity index (χ3n) is 4.23. The molecule has 0 aliphatic rings. The Balaban J connectivity index is 1.71. The Hall–Kier alpha value is -3.59. The molecule has 0 saturated carbocycles. The molecule has 3 rings (SSSR count). The van der Waals surface area contributed by atoms with Gasteiger partial charge in [-0.1, -0.05) is 38.0 Å². The molecule has 1 amide bonds. The molecular formula is C22H23N5O. The number of carbonyl (C=O) groups excluding carboxylic acids is 1. The molecule has 0 spiro atoms. The van der Waals surface area contributed by atoms with Gasteiger partial charge in [-0.15, -0.1) is 6.42 Å². The van der Waals surface area contributed by atoms with Gasteiger partial charge in [0, 0.05) is 24.5 Å². The van der Waals surface area contributed by atoms with E-state index in [-0.39, 0.29) is 12.5 Å². The maximum atomic E-state index is 11.9. The number of nitrogens with one attached hydrogen (secondary N) is 2. The van der Waals surface area contributed by atoms with Crippen LogP contribution in [-0.4, -0.2) is 27.2 Å². The fourth-order valence-corrected chi connectivity index (χ4v) is 2.81. The van der Waals surface area contributed by atoms with E-state index < -0.39 is 0 Å². The number of pyridine rings is 1. The van der Waals surface area contributed by atoms with Gasteiger partial charge in [0.25, 0.3) is 5.91 Å². The van der Waals surface area contributed by atoms with E-state index in [4.69, 9.17) is 11.5 Å². The van der Waals surface area contributed by atoms with Gasteiger partial charge in [0.15, 0.2) is 0 Å². The van der Waals surface area contributed by atoms with Crippen molar-refractivity contribution in [1.82, 2.24) is 20.1 Å². The third kappa shape index (κ3) is 4.57. The first-order valence-corrected chi connectivity index (χ1v) is 9.14. The molecule has 2 heterocycles. The van der Waals surface area contributed by atoms with Crippen molar-refractivity contribution in [2.24, 2.45) is 0 Å². The van der Waals surface area contributed by atoms with E-state index in [9.17, 15) is 4.79 Å². The van der Waals surface area contributed by atoms with Crippen molar-refractivity contribution in [1.29, 1.82) is 0 Å². The number of hydrogen-bond donors (Lipinski definition) is 2. The molecule has 0 bridgehead atoms. The highest BCUT2D eigenvalue weighted by molar-refractivity contribution is 5.94. The van der Waals surface area contributed by atoms with Crippen LogP contribution < -0.4 is 10.6 Å². The maximum Gasteiger partial charge on any atom is 0.253 e. The number of aromatic nitrogens is 3. The van der Waals surface area contributed by atoms with Crippen LogP contribution in [0.3, 0.4) is 0 Å². The molecule has 2 N–H and O–H groups in total. The van der Waals surface area contributed by atoms with Gasteiger partial charge >= 0.3 is 0 Å². The van der Waals surface area contributed by atoms with E-state index in [1.54, 1.807) is 12.1 Å². The van der Waals surface area contributed by atoms with E-state index in [0.29, 0.717) is 23.8 Å². The molecule has 0 unspecified atom stereocenters. The van der Waals surface area contributed by atoms with Crippen LogP contribution in [-0.2, 0) is 6.54 Å². The Morgan fingerprint density at radius 1 is 1.21 bits per heavy atom. The van der Waals surface area contributed by atoms with Crippen molar-refractivity contribution in [3.63, 3.8) is 0 Å². The first-order valence-electron chi connectivity index (χ1n) is 9.14. The summed E-state index contributed by atoms with van der Waals surface area (Å²) in [5.41, 5.74) is 3.65. The zero-order valence-electron chi connectivity index (χ0n) is 16.0. The summed E-state index contributed by atoms with van der Waals surface area (Å²) >= 11 is 0. The lowest BCUT2D eigenvalue weighted by Crippen LogP contribution is -2.23. The molecule has 6 heteroatoms. The lowest BCUT2D eigenvalue weighted by Gasteiger charge is -2.08. The van der Waals surface area contributed by atoms with Gasteiger partial charge in [-0.05, 0) is 30.2 Å². The Morgan fingerprint density at radius 3 is 2.64 bits per heavy atom. The predicted octanol–water partition coefficient (Wildman–Crippen LogP) is 3.37. The van der Waals surface area contributed by atoms with Crippen LogP contribution >= 0.6 is 0 Å². The van der Waals surface area contributed by atoms with Crippen molar-refractivity contribution >= 4 is 11.7 Å². The fraction of sp³-hybridized carbons (Fsp3) is 0.227. The normalized spacial score (nSPS) is 10.5. The number of terminal acetylenes is 1. The lowest BCUT2D eigenvalue weighted by atomic mass is 10.1. The number of rotatable bonds is 7. The number of carbonyl (C=O) groups is 1. The van der Waals surface area contributed by atoms with Gasteiger partial charge in [-0.3, -0.25) is 4.79 Å². The molecular weight excluding hydrogens is 350 g/mol. The molecule has 0 radical (unpaired) electrons. The minimum Gasteiger partial charge on any atom is -0.366 e. The molecule has 3 aromatic rings. The molecule has 1 aromatic carbocycles. The average Bonchev–Trinajstić information content (AvgIpc) is 3.16. The van der Waals surface area contributed by atoms with Gasteiger partial charge in [0.2, 0.25) is 0 Å². The largest absolute Gasteiger partial charge is 0.366 e. The number of nitrogens with zero attached hydrogens (tertiary/aromatic N) is 3. The molecule has 0 aliphatic carbocycles. The molecule has 0 atom stereocenters. The molecule has 28 heavy (non-hydrogen) atoms. The van der Waals surface area contributed by atoms with Crippen LogP contribution in [0.15, 0.2) is 54.9 Å². The van der Waals surface area contributed by atoms with Crippen LogP contribution in [0.4, 0.5) is 5.82 Å². The van der Waals surface area contributed by atoms with E-state index in [1.807, 2.05) is 41.2 Å². The summed E-state index contributed by atoms with van der Waals surface area (Å²) in [7, 11) is 0. The van der Waals surface area contributed by atoms with E-state index in [2.05, 4.69) is 35.4 Å². The average molecular weight is 373 g/mol. The SMILES string of the molecule is C#CCNC(=O)c1ccc(NCc2cn(-c3ccccc3)nc2C(C)C)nc1. The minimum absolute atomic E-state index is 0.197. The zero-order valence-corrected chi connectivity index (χ0v) is 16.0. The predicted molar refractivity (Wildman–Crippen MR) is 110 cm³/mol. The summed E-state index contributed by atoms with van der Waals surface area (Å²) in [6.45, 7) is 5.05. The highest BCUT2D eigenvalue weighted by atomic mass is 16.1. The second-order valence-electron chi connectivity index (χ2n) is 6.65. The van der Waals surface area contributed by atoms with Gasteiger partial charge in [0.1, 0.15) is 5.82 Å². The molecule has 6 nitrogen and oxygen atoms in total. The quantitative estimate of drug-likeness (QED) is 0.623. The van der Waals surface area contributed by atoms with Crippen LogP contribution in [0.25, 0.3) is 5.69 Å². The Kier molecular flexibility index (Phi) is 6.07. The van der Waals surface area contributed by atoms with Crippen molar-refractivity contribution in [2.45, 2.75) is 26.3 Å². The van der Waals surface area contributed by atoms with Gasteiger partial charge in [-0.2, -0.15) is 5.10 Å². The molecule has 142 valence electrons. The van der Waals surface area contributed by atoms with Crippen molar-refractivity contribution in [2.75, 3.05) is 11.9 Å². The van der Waals surface area contributed by atoms with Crippen LogP contribution in [0.1, 0.15) is 41.4 Å². The second-order valence-corrected chi connectivity index (χ2v) is 6.65. The molecule has 0 saturated heterocycles. The Bertz CT molecular complexity index is 968.